The normalized spacial score (nSPS) is 19.2. The second kappa shape index (κ2) is 6.99. The molecule has 2 heterocycles. The minimum Gasteiger partial charge on any atom is -0.371 e. The van der Waals surface area contributed by atoms with Crippen molar-refractivity contribution in [1.82, 2.24) is 14.7 Å². The van der Waals surface area contributed by atoms with Crippen molar-refractivity contribution < 1.29 is 9.13 Å². The lowest BCUT2D eigenvalue weighted by Gasteiger charge is -2.33. The Morgan fingerprint density at radius 1 is 1.35 bits per heavy atom. The Kier molecular flexibility index (Phi) is 4.99. The molecule has 6 heteroatoms. The third kappa shape index (κ3) is 3.57. The summed E-state index contributed by atoms with van der Waals surface area (Å²) in [6.07, 6.45) is 0.826. The van der Waals surface area contributed by atoms with Crippen molar-refractivity contribution in [2.24, 2.45) is 7.05 Å². The van der Waals surface area contributed by atoms with Crippen molar-refractivity contribution in [1.29, 1.82) is 0 Å². The number of halogens is 2. The van der Waals surface area contributed by atoms with E-state index in [-0.39, 0.29) is 11.9 Å². The molecule has 1 fully saturated rings. The number of nitrogens with zero attached hydrogens (tertiary/aromatic N) is 3. The largest absolute Gasteiger partial charge is 0.371 e. The zero-order valence-corrected chi connectivity index (χ0v) is 14.2. The van der Waals surface area contributed by atoms with Gasteiger partial charge < -0.3 is 4.74 Å². The SMILES string of the molecule is CCc1nn(C)c(Cl)c1CN1CCO[C@@H](c2ccc(F)cc2)C1. The maximum atomic E-state index is 13.1. The summed E-state index contributed by atoms with van der Waals surface area (Å²) < 4.78 is 20.6. The second-order valence-electron chi connectivity index (χ2n) is 5.84. The van der Waals surface area contributed by atoms with Gasteiger partial charge in [-0.05, 0) is 24.1 Å². The van der Waals surface area contributed by atoms with E-state index in [4.69, 9.17) is 16.3 Å². The van der Waals surface area contributed by atoms with Gasteiger partial charge in [-0.25, -0.2) is 4.39 Å². The standard InChI is InChI=1S/C17H21ClFN3O/c1-3-15-14(17(18)21(2)20-15)10-22-8-9-23-16(11-22)12-4-6-13(19)7-5-12/h4-7,16H,3,8-11H2,1-2H3/t16-/m1/s1. The molecule has 4 nitrogen and oxygen atoms in total. The van der Waals surface area contributed by atoms with Gasteiger partial charge in [0.15, 0.2) is 0 Å². The van der Waals surface area contributed by atoms with Crippen LogP contribution in [-0.4, -0.2) is 34.4 Å². The van der Waals surface area contributed by atoms with Gasteiger partial charge in [0.1, 0.15) is 11.0 Å². The van der Waals surface area contributed by atoms with Crippen LogP contribution in [-0.2, 0) is 24.8 Å². The van der Waals surface area contributed by atoms with E-state index in [1.807, 2.05) is 7.05 Å². The number of hydrogen-bond donors (Lipinski definition) is 0. The lowest BCUT2D eigenvalue weighted by molar-refractivity contribution is -0.0330. The van der Waals surface area contributed by atoms with Crippen LogP contribution in [0.1, 0.15) is 29.8 Å². The molecule has 0 saturated carbocycles. The van der Waals surface area contributed by atoms with Crippen molar-refractivity contribution >= 4 is 11.6 Å². The lowest BCUT2D eigenvalue weighted by atomic mass is 10.1. The minimum atomic E-state index is -0.226. The van der Waals surface area contributed by atoms with Crippen LogP contribution in [0.5, 0.6) is 0 Å². The molecule has 1 aliphatic rings. The molecule has 1 saturated heterocycles. The summed E-state index contributed by atoms with van der Waals surface area (Å²) in [6.45, 7) is 5.12. The fourth-order valence-corrected chi connectivity index (χ4v) is 3.20. The average Bonchev–Trinajstić information content (AvgIpc) is 2.83. The summed E-state index contributed by atoms with van der Waals surface area (Å²) in [4.78, 5) is 2.32. The molecular weight excluding hydrogens is 317 g/mol. The molecule has 3 rings (SSSR count). The van der Waals surface area contributed by atoms with Gasteiger partial charge in [-0.2, -0.15) is 5.10 Å². The number of morpholine rings is 1. The monoisotopic (exact) mass is 337 g/mol. The molecule has 0 unspecified atom stereocenters. The number of hydrogen-bond acceptors (Lipinski definition) is 3. The van der Waals surface area contributed by atoms with Crippen molar-refractivity contribution in [2.75, 3.05) is 19.7 Å². The lowest BCUT2D eigenvalue weighted by Crippen LogP contribution is -2.38. The first kappa shape index (κ1) is 16.4. The highest BCUT2D eigenvalue weighted by atomic mass is 35.5. The Labute approximate surface area is 140 Å². The smallest absolute Gasteiger partial charge is 0.131 e. The summed E-state index contributed by atoms with van der Waals surface area (Å²) in [5.41, 5.74) is 3.14. The number of benzene rings is 1. The maximum Gasteiger partial charge on any atom is 0.131 e. The molecule has 0 spiro atoms. The third-order valence-corrected chi connectivity index (χ3v) is 4.73. The van der Waals surface area contributed by atoms with E-state index in [0.29, 0.717) is 11.8 Å². The number of rotatable bonds is 4. The predicted octanol–water partition coefficient (Wildman–Crippen LogP) is 3.35. The highest BCUT2D eigenvalue weighted by Gasteiger charge is 2.24. The van der Waals surface area contributed by atoms with Gasteiger partial charge in [0, 0.05) is 32.2 Å². The van der Waals surface area contributed by atoms with Crippen LogP contribution >= 0.6 is 11.6 Å². The van der Waals surface area contributed by atoms with Crippen molar-refractivity contribution in [2.45, 2.75) is 26.0 Å². The summed E-state index contributed by atoms with van der Waals surface area (Å²) in [7, 11) is 1.87. The first-order valence-electron chi connectivity index (χ1n) is 7.88. The van der Waals surface area contributed by atoms with Crippen LogP contribution in [0.2, 0.25) is 5.15 Å². The minimum absolute atomic E-state index is 0.0372. The summed E-state index contributed by atoms with van der Waals surface area (Å²) >= 11 is 6.38. The van der Waals surface area contributed by atoms with E-state index in [9.17, 15) is 4.39 Å². The Morgan fingerprint density at radius 3 is 2.78 bits per heavy atom. The van der Waals surface area contributed by atoms with E-state index < -0.39 is 0 Å². The summed E-state index contributed by atoms with van der Waals surface area (Å²) in [5, 5.41) is 5.17. The van der Waals surface area contributed by atoms with E-state index in [2.05, 4.69) is 16.9 Å². The Hall–Kier alpha value is -1.43. The van der Waals surface area contributed by atoms with E-state index in [1.165, 1.54) is 12.1 Å². The van der Waals surface area contributed by atoms with E-state index >= 15 is 0 Å². The molecule has 1 aromatic carbocycles. The molecule has 2 aromatic rings. The molecule has 1 aliphatic heterocycles. The molecule has 124 valence electrons. The molecule has 1 aromatic heterocycles. The molecule has 0 bridgehead atoms. The average molecular weight is 338 g/mol. The Bertz CT molecular complexity index is 671. The van der Waals surface area contributed by atoms with Crippen LogP contribution in [0.4, 0.5) is 4.39 Å². The van der Waals surface area contributed by atoms with E-state index in [0.717, 1.165) is 42.9 Å². The van der Waals surface area contributed by atoms with Crippen LogP contribution in [0.25, 0.3) is 0 Å². The summed E-state index contributed by atoms with van der Waals surface area (Å²) in [6, 6.07) is 6.53. The van der Waals surface area contributed by atoms with Gasteiger partial charge in [-0.15, -0.1) is 0 Å². The Balaban J connectivity index is 1.73. The first-order valence-corrected chi connectivity index (χ1v) is 8.26. The van der Waals surface area contributed by atoms with Crippen molar-refractivity contribution in [3.05, 3.63) is 52.1 Å². The molecule has 0 aliphatic carbocycles. The quantitative estimate of drug-likeness (QED) is 0.857. The first-order chi connectivity index (χ1) is 11.1. The van der Waals surface area contributed by atoms with Gasteiger partial charge in [0.25, 0.3) is 0 Å². The molecular formula is C17H21ClFN3O. The fraction of sp³-hybridized carbons (Fsp3) is 0.471. The van der Waals surface area contributed by atoms with Crippen LogP contribution in [0.3, 0.4) is 0 Å². The molecule has 0 amide bonds. The molecule has 0 radical (unpaired) electrons. The fourth-order valence-electron chi connectivity index (χ4n) is 2.99. The van der Waals surface area contributed by atoms with Crippen molar-refractivity contribution in [3.63, 3.8) is 0 Å². The Morgan fingerprint density at radius 2 is 2.09 bits per heavy atom. The number of ether oxygens (including phenoxy) is 1. The maximum absolute atomic E-state index is 13.1. The topological polar surface area (TPSA) is 30.3 Å². The van der Waals surface area contributed by atoms with Crippen molar-refractivity contribution in [3.8, 4) is 0 Å². The summed E-state index contributed by atoms with van der Waals surface area (Å²) in [5.74, 6) is -0.226. The van der Waals surface area contributed by atoms with Gasteiger partial charge >= 0.3 is 0 Å². The molecule has 1 atom stereocenters. The number of aryl methyl sites for hydroxylation is 2. The molecule has 23 heavy (non-hydrogen) atoms. The van der Waals surface area contributed by atoms with Gasteiger partial charge in [-0.3, -0.25) is 9.58 Å². The zero-order chi connectivity index (χ0) is 16.4. The van der Waals surface area contributed by atoms with Crippen LogP contribution < -0.4 is 0 Å². The van der Waals surface area contributed by atoms with Crippen LogP contribution in [0, 0.1) is 5.82 Å². The van der Waals surface area contributed by atoms with Gasteiger partial charge in [0.2, 0.25) is 0 Å². The van der Waals surface area contributed by atoms with Crippen LogP contribution in [0.15, 0.2) is 24.3 Å². The zero-order valence-electron chi connectivity index (χ0n) is 13.4. The van der Waals surface area contributed by atoms with Gasteiger partial charge in [-0.1, -0.05) is 30.7 Å². The molecule has 0 N–H and O–H groups in total. The highest BCUT2D eigenvalue weighted by Crippen LogP contribution is 2.26. The highest BCUT2D eigenvalue weighted by molar-refractivity contribution is 6.30. The predicted molar refractivity (Wildman–Crippen MR) is 88.0 cm³/mol. The van der Waals surface area contributed by atoms with E-state index in [1.54, 1.807) is 16.8 Å². The third-order valence-electron chi connectivity index (χ3n) is 4.26. The number of aromatic nitrogens is 2. The second-order valence-corrected chi connectivity index (χ2v) is 6.20. The van der Waals surface area contributed by atoms with Gasteiger partial charge in [0.05, 0.1) is 18.4 Å².